The zero-order valence-electron chi connectivity index (χ0n) is 18.0. The molecule has 2 heterocycles. The number of piperidine rings is 1. The zero-order chi connectivity index (χ0) is 21.1. The molecule has 2 aliphatic heterocycles. The van der Waals surface area contributed by atoms with Crippen molar-refractivity contribution in [2.24, 2.45) is 5.92 Å². The number of rotatable bonds is 4. The molecule has 8 heteroatoms. The maximum absolute atomic E-state index is 13.1. The summed E-state index contributed by atoms with van der Waals surface area (Å²) in [5.41, 5.74) is 1.50. The second kappa shape index (κ2) is 9.88. The SMILES string of the molecule is COC(=O)[C@H]1CC[C@H](N2CCN(c3ccc(C4(C#N)CCNCC4)cc3)C2=O)CC1.Cl. The van der Waals surface area contributed by atoms with Gasteiger partial charge in [-0.1, -0.05) is 12.1 Å². The lowest BCUT2D eigenvalue weighted by atomic mass is 9.74. The van der Waals surface area contributed by atoms with E-state index in [1.54, 1.807) is 0 Å². The summed E-state index contributed by atoms with van der Waals surface area (Å²) in [5, 5.41) is 13.1. The summed E-state index contributed by atoms with van der Waals surface area (Å²) in [6.07, 6.45) is 4.87. The minimum atomic E-state index is -0.427. The number of ether oxygens (including phenoxy) is 1. The van der Waals surface area contributed by atoms with Crippen LogP contribution in [0.5, 0.6) is 0 Å². The van der Waals surface area contributed by atoms with Crippen LogP contribution >= 0.6 is 12.4 Å². The molecular formula is C23H31ClN4O3. The molecular weight excluding hydrogens is 416 g/mol. The number of carbonyl (C=O) groups is 2. The molecule has 1 saturated carbocycles. The summed E-state index contributed by atoms with van der Waals surface area (Å²) >= 11 is 0. The number of benzene rings is 1. The van der Waals surface area contributed by atoms with Crippen LogP contribution in [-0.4, -0.2) is 56.2 Å². The third-order valence-corrected chi connectivity index (χ3v) is 7.12. The van der Waals surface area contributed by atoms with Gasteiger partial charge < -0.3 is 15.0 Å². The van der Waals surface area contributed by atoms with Gasteiger partial charge in [-0.2, -0.15) is 5.26 Å². The van der Waals surface area contributed by atoms with Crippen molar-refractivity contribution in [3.63, 3.8) is 0 Å². The standard InChI is InChI=1S/C23H30N4O3.ClH/c1-30-21(28)17-2-6-19(7-3-17)26-14-15-27(22(26)29)20-8-4-18(5-9-20)23(16-24)10-12-25-13-11-23;/h4-5,8-9,17,19,25H,2-3,6-7,10-15H2,1H3;1H/t17-,19-;. The van der Waals surface area contributed by atoms with Crippen LogP contribution in [0.3, 0.4) is 0 Å². The minimum Gasteiger partial charge on any atom is -0.469 e. The number of carbonyl (C=O) groups excluding carboxylic acids is 2. The molecule has 4 rings (SSSR count). The van der Waals surface area contributed by atoms with E-state index in [9.17, 15) is 14.9 Å². The van der Waals surface area contributed by atoms with Crippen LogP contribution in [0.2, 0.25) is 0 Å². The van der Waals surface area contributed by atoms with E-state index in [4.69, 9.17) is 4.74 Å². The molecule has 0 spiro atoms. The molecule has 3 fully saturated rings. The first-order chi connectivity index (χ1) is 14.6. The van der Waals surface area contributed by atoms with Crippen molar-refractivity contribution in [2.75, 3.05) is 38.2 Å². The van der Waals surface area contributed by atoms with Gasteiger partial charge >= 0.3 is 12.0 Å². The van der Waals surface area contributed by atoms with Crippen LogP contribution in [0.1, 0.15) is 44.1 Å². The van der Waals surface area contributed by atoms with Gasteiger partial charge in [0, 0.05) is 24.8 Å². The number of anilines is 1. The van der Waals surface area contributed by atoms with Crippen molar-refractivity contribution in [1.29, 1.82) is 5.26 Å². The number of methoxy groups -OCH3 is 1. The van der Waals surface area contributed by atoms with Gasteiger partial charge in [0.25, 0.3) is 0 Å². The maximum Gasteiger partial charge on any atom is 0.324 e. The summed E-state index contributed by atoms with van der Waals surface area (Å²) in [6, 6.07) is 10.8. The van der Waals surface area contributed by atoms with Gasteiger partial charge in [-0.05, 0) is 69.3 Å². The molecule has 0 unspecified atom stereocenters. The minimum absolute atomic E-state index is 0. The fourth-order valence-electron chi connectivity index (χ4n) is 5.20. The molecule has 2 saturated heterocycles. The van der Waals surface area contributed by atoms with E-state index < -0.39 is 5.41 Å². The molecule has 1 aliphatic carbocycles. The lowest BCUT2D eigenvalue weighted by molar-refractivity contribution is -0.146. The molecule has 0 atom stereocenters. The Kier molecular flexibility index (Phi) is 7.45. The van der Waals surface area contributed by atoms with Gasteiger partial charge in [-0.25, -0.2) is 4.79 Å². The van der Waals surface area contributed by atoms with Crippen LogP contribution < -0.4 is 10.2 Å². The van der Waals surface area contributed by atoms with E-state index in [1.165, 1.54) is 7.11 Å². The Bertz CT molecular complexity index is 824. The Morgan fingerprint density at radius 3 is 2.35 bits per heavy atom. The first kappa shape index (κ1) is 23.4. The quantitative estimate of drug-likeness (QED) is 0.717. The van der Waals surface area contributed by atoms with Crippen molar-refractivity contribution in [3.8, 4) is 6.07 Å². The molecule has 168 valence electrons. The molecule has 7 nitrogen and oxygen atoms in total. The topological polar surface area (TPSA) is 85.7 Å². The van der Waals surface area contributed by atoms with E-state index in [0.717, 1.165) is 62.9 Å². The molecule has 0 bridgehead atoms. The molecule has 1 N–H and O–H groups in total. The highest BCUT2D eigenvalue weighted by Gasteiger charge is 2.38. The van der Waals surface area contributed by atoms with Crippen molar-refractivity contribution in [3.05, 3.63) is 29.8 Å². The first-order valence-electron chi connectivity index (χ1n) is 11.0. The summed E-state index contributed by atoms with van der Waals surface area (Å²) in [7, 11) is 1.44. The van der Waals surface area contributed by atoms with Gasteiger partial charge in [0.1, 0.15) is 0 Å². The van der Waals surface area contributed by atoms with Crippen molar-refractivity contribution < 1.29 is 14.3 Å². The Morgan fingerprint density at radius 2 is 1.77 bits per heavy atom. The summed E-state index contributed by atoms with van der Waals surface area (Å²) in [6.45, 7) is 3.09. The molecule has 3 aliphatic rings. The Morgan fingerprint density at radius 1 is 1.13 bits per heavy atom. The highest BCUT2D eigenvalue weighted by molar-refractivity contribution is 5.94. The van der Waals surface area contributed by atoms with Gasteiger partial charge in [-0.15, -0.1) is 12.4 Å². The maximum atomic E-state index is 13.1. The van der Waals surface area contributed by atoms with E-state index in [1.807, 2.05) is 34.1 Å². The van der Waals surface area contributed by atoms with Gasteiger partial charge in [0.05, 0.1) is 24.5 Å². The number of esters is 1. The van der Waals surface area contributed by atoms with E-state index in [0.29, 0.717) is 13.1 Å². The second-order valence-electron chi connectivity index (χ2n) is 8.65. The van der Waals surface area contributed by atoms with Crippen LogP contribution in [0.25, 0.3) is 0 Å². The number of nitrogens with one attached hydrogen (secondary N) is 1. The molecule has 31 heavy (non-hydrogen) atoms. The summed E-state index contributed by atoms with van der Waals surface area (Å²) in [5.74, 6) is -0.165. The fourth-order valence-corrected chi connectivity index (χ4v) is 5.20. The third kappa shape index (κ3) is 4.51. The van der Waals surface area contributed by atoms with Crippen molar-refractivity contribution in [2.45, 2.75) is 50.0 Å². The number of amides is 2. The number of urea groups is 1. The predicted molar refractivity (Wildman–Crippen MR) is 120 cm³/mol. The van der Waals surface area contributed by atoms with Gasteiger partial charge in [0.15, 0.2) is 0 Å². The van der Waals surface area contributed by atoms with Crippen molar-refractivity contribution in [1.82, 2.24) is 10.2 Å². The fraction of sp³-hybridized carbons (Fsp3) is 0.609. The predicted octanol–water partition coefficient (Wildman–Crippen LogP) is 3.23. The molecule has 1 aromatic carbocycles. The number of nitriles is 1. The number of hydrogen-bond acceptors (Lipinski definition) is 5. The Labute approximate surface area is 190 Å². The smallest absolute Gasteiger partial charge is 0.324 e. The van der Waals surface area contributed by atoms with E-state index in [-0.39, 0.29) is 36.4 Å². The lowest BCUT2D eigenvalue weighted by Gasteiger charge is -2.33. The van der Waals surface area contributed by atoms with Crippen LogP contribution in [0.15, 0.2) is 24.3 Å². The molecule has 1 aromatic rings. The van der Waals surface area contributed by atoms with E-state index >= 15 is 0 Å². The highest BCUT2D eigenvalue weighted by Crippen LogP contribution is 2.35. The number of nitrogens with zero attached hydrogens (tertiary/aromatic N) is 3. The lowest BCUT2D eigenvalue weighted by Crippen LogP contribution is -2.42. The molecule has 2 amide bonds. The van der Waals surface area contributed by atoms with Crippen molar-refractivity contribution >= 4 is 30.1 Å². The average molecular weight is 447 g/mol. The van der Waals surface area contributed by atoms with Gasteiger partial charge in [-0.3, -0.25) is 9.69 Å². The Balaban J connectivity index is 0.00000272. The molecule has 0 radical (unpaired) electrons. The average Bonchev–Trinajstić information content (AvgIpc) is 3.20. The summed E-state index contributed by atoms with van der Waals surface area (Å²) < 4.78 is 4.86. The van der Waals surface area contributed by atoms with E-state index in [2.05, 4.69) is 11.4 Å². The van der Waals surface area contributed by atoms with Gasteiger partial charge in [0.2, 0.25) is 0 Å². The third-order valence-electron chi connectivity index (χ3n) is 7.12. The normalized spacial score (nSPS) is 25.5. The van der Waals surface area contributed by atoms with Crippen LogP contribution in [-0.2, 0) is 14.9 Å². The number of hydrogen-bond donors (Lipinski definition) is 1. The first-order valence-corrected chi connectivity index (χ1v) is 11.0. The summed E-state index contributed by atoms with van der Waals surface area (Å²) in [4.78, 5) is 28.6. The highest BCUT2D eigenvalue weighted by atomic mass is 35.5. The largest absolute Gasteiger partial charge is 0.469 e. The number of halogens is 1. The monoisotopic (exact) mass is 446 g/mol. The zero-order valence-corrected chi connectivity index (χ0v) is 18.8. The van der Waals surface area contributed by atoms with Crippen LogP contribution in [0.4, 0.5) is 10.5 Å². The Hall–Kier alpha value is -2.30. The van der Waals surface area contributed by atoms with Crippen LogP contribution in [0, 0.1) is 17.2 Å². The molecule has 0 aromatic heterocycles. The second-order valence-corrected chi connectivity index (χ2v) is 8.65.